The van der Waals surface area contributed by atoms with E-state index >= 15 is 0 Å². The Morgan fingerprint density at radius 2 is 1.64 bits per heavy atom. The average molecular weight is 491 g/mol. The average Bonchev–Trinajstić information content (AvgIpc) is 3.45. The molecular formula is C24H26N8O4. The Morgan fingerprint density at radius 3 is 2.36 bits per heavy atom. The molecule has 0 aliphatic rings. The number of benzene rings is 1. The van der Waals surface area contributed by atoms with Crippen LogP contribution in [0.25, 0.3) is 22.3 Å². The van der Waals surface area contributed by atoms with E-state index in [1.165, 1.54) is 22.5 Å². The van der Waals surface area contributed by atoms with Crippen LogP contribution in [0.2, 0.25) is 0 Å². The number of imidazole rings is 2. The van der Waals surface area contributed by atoms with Gasteiger partial charge in [0.1, 0.15) is 5.82 Å². The Kier molecular flexibility index (Phi) is 5.78. The third kappa shape index (κ3) is 3.70. The lowest BCUT2D eigenvalue weighted by Gasteiger charge is -2.10. The fourth-order valence-corrected chi connectivity index (χ4v) is 4.48. The number of rotatable bonds is 7. The molecule has 186 valence electrons. The lowest BCUT2D eigenvalue weighted by atomic mass is 10.2. The van der Waals surface area contributed by atoms with Crippen LogP contribution >= 0.6 is 0 Å². The lowest BCUT2D eigenvalue weighted by Crippen LogP contribution is -2.37. The highest BCUT2D eigenvalue weighted by atomic mass is 16.2. The topological polar surface area (TPSA) is 134 Å². The number of hydrogen-bond donors (Lipinski definition) is 1. The van der Waals surface area contributed by atoms with Gasteiger partial charge in [-0.2, -0.15) is 0 Å². The molecule has 5 rings (SSSR count). The minimum atomic E-state index is -0.542. The fraction of sp³-hybridized carbons (Fsp3) is 0.333. The van der Waals surface area contributed by atoms with E-state index in [1.54, 1.807) is 16.2 Å². The van der Waals surface area contributed by atoms with E-state index in [-0.39, 0.29) is 29.9 Å². The second kappa shape index (κ2) is 8.95. The molecular weight excluding hydrogens is 464 g/mol. The van der Waals surface area contributed by atoms with Gasteiger partial charge in [-0.25, -0.2) is 19.6 Å². The van der Waals surface area contributed by atoms with Crippen molar-refractivity contribution < 1.29 is 0 Å². The predicted molar refractivity (Wildman–Crippen MR) is 134 cm³/mol. The molecule has 0 spiro atoms. The van der Waals surface area contributed by atoms with Crippen LogP contribution in [0.3, 0.4) is 0 Å². The van der Waals surface area contributed by atoms with Crippen LogP contribution in [0.4, 0.5) is 0 Å². The Labute approximate surface area is 203 Å². The molecule has 0 aliphatic heterocycles. The highest BCUT2D eigenvalue weighted by Gasteiger charge is 2.21. The Morgan fingerprint density at radius 1 is 0.889 bits per heavy atom. The molecule has 1 N–H and O–H groups in total. The van der Waals surface area contributed by atoms with Crippen molar-refractivity contribution in [2.45, 2.75) is 39.4 Å². The number of nitrogens with zero attached hydrogens (tertiary/aromatic N) is 7. The third-order valence-corrected chi connectivity index (χ3v) is 6.41. The number of aromatic amines is 1. The van der Waals surface area contributed by atoms with Gasteiger partial charge in [-0.15, -0.1) is 0 Å². The van der Waals surface area contributed by atoms with Gasteiger partial charge >= 0.3 is 11.4 Å². The van der Waals surface area contributed by atoms with Gasteiger partial charge < -0.3 is 9.13 Å². The smallest absolute Gasteiger partial charge is 0.321 e. The van der Waals surface area contributed by atoms with Gasteiger partial charge in [0, 0.05) is 20.6 Å². The van der Waals surface area contributed by atoms with Crippen molar-refractivity contribution in [1.29, 1.82) is 0 Å². The van der Waals surface area contributed by atoms with Gasteiger partial charge in [0.2, 0.25) is 0 Å². The molecule has 0 unspecified atom stereocenters. The first-order valence-corrected chi connectivity index (χ1v) is 11.7. The van der Waals surface area contributed by atoms with Crippen molar-refractivity contribution in [3.8, 4) is 0 Å². The first-order valence-electron chi connectivity index (χ1n) is 11.7. The Hall–Kier alpha value is -4.48. The van der Waals surface area contributed by atoms with Crippen molar-refractivity contribution in [3.63, 3.8) is 0 Å². The summed E-state index contributed by atoms with van der Waals surface area (Å²) in [5.41, 5.74) is 0.000188. The second-order valence-electron chi connectivity index (χ2n) is 8.79. The molecule has 12 heteroatoms. The summed E-state index contributed by atoms with van der Waals surface area (Å²) in [7, 11) is 2.97. The molecule has 4 aromatic heterocycles. The lowest BCUT2D eigenvalue weighted by molar-refractivity contribution is 0.598. The molecule has 0 amide bonds. The number of H-pyrrole nitrogens is 1. The van der Waals surface area contributed by atoms with Crippen molar-refractivity contribution in [2.24, 2.45) is 14.1 Å². The maximum absolute atomic E-state index is 13.0. The van der Waals surface area contributed by atoms with Crippen LogP contribution in [0, 0.1) is 0 Å². The van der Waals surface area contributed by atoms with Gasteiger partial charge in [-0.05, 0) is 12.0 Å². The van der Waals surface area contributed by atoms with Crippen molar-refractivity contribution >= 4 is 22.3 Å². The molecule has 12 nitrogen and oxygen atoms in total. The van der Waals surface area contributed by atoms with Crippen molar-refractivity contribution in [3.05, 3.63) is 89.7 Å². The minimum absolute atomic E-state index is 0.126. The summed E-state index contributed by atoms with van der Waals surface area (Å²) in [6.45, 7) is 2.93. The third-order valence-electron chi connectivity index (χ3n) is 6.41. The van der Waals surface area contributed by atoms with Crippen LogP contribution in [0.15, 0.2) is 55.8 Å². The second-order valence-corrected chi connectivity index (χ2v) is 8.79. The minimum Gasteiger partial charge on any atom is -0.321 e. The molecule has 36 heavy (non-hydrogen) atoms. The maximum atomic E-state index is 13.0. The van der Waals surface area contributed by atoms with Gasteiger partial charge in [0.25, 0.3) is 11.1 Å². The molecule has 5 aromatic rings. The van der Waals surface area contributed by atoms with E-state index < -0.39 is 22.5 Å². The van der Waals surface area contributed by atoms with Crippen molar-refractivity contribution in [1.82, 2.24) is 37.8 Å². The first kappa shape index (κ1) is 23.3. The quantitative estimate of drug-likeness (QED) is 0.354. The highest BCUT2D eigenvalue weighted by molar-refractivity contribution is 5.72. The van der Waals surface area contributed by atoms with E-state index in [0.717, 1.165) is 23.0 Å². The molecule has 0 atom stereocenters. The van der Waals surface area contributed by atoms with E-state index in [0.29, 0.717) is 17.9 Å². The van der Waals surface area contributed by atoms with Crippen molar-refractivity contribution in [2.75, 3.05) is 0 Å². The zero-order valence-corrected chi connectivity index (χ0v) is 20.3. The van der Waals surface area contributed by atoms with E-state index in [1.807, 2.05) is 37.3 Å². The van der Waals surface area contributed by atoms with E-state index in [2.05, 4.69) is 9.97 Å². The van der Waals surface area contributed by atoms with Gasteiger partial charge in [-0.3, -0.25) is 28.3 Å². The molecule has 0 saturated carbocycles. The number of fused-ring (bicyclic) bond motifs is 2. The normalized spacial score (nSPS) is 11.6. The molecule has 0 saturated heterocycles. The molecule has 1 aromatic carbocycles. The Bertz CT molecular complexity index is 1830. The molecule has 0 aliphatic carbocycles. The summed E-state index contributed by atoms with van der Waals surface area (Å²) in [5.74, 6) is 0.506. The van der Waals surface area contributed by atoms with E-state index in [9.17, 15) is 19.2 Å². The standard InChI is InChI=1S/C24H26N8O4/c1-4-5-11-31-16(13-30-14-25-19-18(30)22(34)29(3)24(36)28(19)2)26-20-17(31)21(33)27-23(35)32(20)12-15-9-7-6-8-10-15/h6-10,14H,4-5,11-13H2,1-3H3,(H,27,33,35). The molecule has 0 fully saturated rings. The fourth-order valence-electron chi connectivity index (χ4n) is 4.48. The summed E-state index contributed by atoms with van der Waals surface area (Å²) in [5, 5.41) is 0. The summed E-state index contributed by atoms with van der Waals surface area (Å²) in [6, 6.07) is 9.45. The van der Waals surface area contributed by atoms with Crippen LogP contribution in [-0.4, -0.2) is 37.8 Å². The van der Waals surface area contributed by atoms with E-state index in [4.69, 9.17) is 4.98 Å². The number of aromatic nitrogens is 8. The van der Waals surface area contributed by atoms with Gasteiger partial charge in [-0.1, -0.05) is 43.7 Å². The maximum Gasteiger partial charge on any atom is 0.332 e. The highest BCUT2D eigenvalue weighted by Crippen LogP contribution is 2.17. The molecule has 0 bridgehead atoms. The van der Waals surface area contributed by atoms with Gasteiger partial charge in [0.15, 0.2) is 22.3 Å². The predicted octanol–water partition coefficient (Wildman–Crippen LogP) is 0.530. The van der Waals surface area contributed by atoms with Crippen LogP contribution in [0.1, 0.15) is 31.2 Å². The summed E-state index contributed by atoms with van der Waals surface area (Å²) in [4.78, 5) is 62.4. The molecule has 0 radical (unpaired) electrons. The number of nitrogens with one attached hydrogen (secondary N) is 1. The summed E-state index contributed by atoms with van der Waals surface area (Å²) < 4.78 is 7.22. The van der Waals surface area contributed by atoms with Crippen LogP contribution in [0.5, 0.6) is 0 Å². The largest absolute Gasteiger partial charge is 0.332 e. The number of aryl methyl sites for hydroxylation is 2. The zero-order valence-electron chi connectivity index (χ0n) is 20.3. The van der Waals surface area contributed by atoms with Gasteiger partial charge in [0.05, 0.1) is 19.4 Å². The van der Waals surface area contributed by atoms with Crippen LogP contribution in [-0.2, 0) is 33.7 Å². The summed E-state index contributed by atoms with van der Waals surface area (Å²) >= 11 is 0. The first-order chi connectivity index (χ1) is 17.3. The molecule has 4 heterocycles. The number of hydrogen-bond acceptors (Lipinski definition) is 6. The number of unbranched alkanes of at least 4 members (excludes halogenated alkanes) is 1. The Balaban J connectivity index is 1.72. The monoisotopic (exact) mass is 490 g/mol. The summed E-state index contributed by atoms with van der Waals surface area (Å²) in [6.07, 6.45) is 3.16. The zero-order chi connectivity index (χ0) is 25.6. The van der Waals surface area contributed by atoms with Crippen LogP contribution < -0.4 is 22.5 Å². The SMILES string of the molecule is CCCCn1c(Cn2cnc3c2c(=O)n(C)c(=O)n3C)nc2c1c(=O)[nH]c(=O)n2Cc1ccccc1.